The number of aromatic carboxylic acids is 1. The SMILES string of the molecule is O=C(O)c1ccc(-c2cccc3c2OCN(C(=O)c2c(Cl)cc(N4CCC(O)C4)cc2Cl)C3)cc1N1CCOCC1. The molecule has 41 heavy (non-hydrogen) atoms. The van der Waals surface area contributed by atoms with Gasteiger partial charge in [0.15, 0.2) is 6.73 Å². The molecule has 214 valence electrons. The number of rotatable bonds is 5. The molecule has 3 aromatic rings. The van der Waals surface area contributed by atoms with Crippen molar-refractivity contribution in [1.29, 1.82) is 0 Å². The molecule has 6 rings (SSSR count). The van der Waals surface area contributed by atoms with Crippen LogP contribution in [0.25, 0.3) is 11.1 Å². The minimum atomic E-state index is -0.984. The lowest BCUT2D eigenvalue weighted by molar-refractivity contribution is 0.0516. The van der Waals surface area contributed by atoms with E-state index in [1.54, 1.807) is 29.2 Å². The number of aliphatic hydroxyl groups is 1. The molecule has 0 saturated carbocycles. The molecule has 9 nitrogen and oxygen atoms in total. The van der Waals surface area contributed by atoms with Gasteiger partial charge in [0.2, 0.25) is 0 Å². The number of fused-ring (bicyclic) bond motifs is 1. The standard InChI is InChI=1S/C30H29Cl2N3O6/c31-24-13-20(34-7-6-21(36)16-34)14-25(32)27(24)29(37)35-15-19-2-1-3-22(28(19)41-17-35)18-4-5-23(30(38)39)26(12-18)33-8-10-40-11-9-33/h1-5,12-14,21,36H,6-11,15-17H2,(H,38,39). The second-order valence-corrected chi connectivity index (χ2v) is 11.2. The Hall–Kier alpha value is -3.50. The Balaban J connectivity index is 1.26. The van der Waals surface area contributed by atoms with Crippen molar-refractivity contribution in [2.45, 2.75) is 19.1 Å². The van der Waals surface area contributed by atoms with Crippen LogP contribution in [0.5, 0.6) is 5.75 Å². The number of nitrogens with zero attached hydrogens (tertiary/aromatic N) is 3. The third kappa shape index (κ3) is 5.42. The molecule has 2 saturated heterocycles. The van der Waals surface area contributed by atoms with Crippen LogP contribution in [0.3, 0.4) is 0 Å². The number of para-hydroxylation sites is 1. The molecule has 0 bridgehead atoms. The summed E-state index contributed by atoms with van der Waals surface area (Å²) in [4.78, 5) is 31.1. The van der Waals surface area contributed by atoms with Gasteiger partial charge in [0.1, 0.15) is 5.75 Å². The molecule has 0 spiro atoms. The van der Waals surface area contributed by atoms with Crippen LogP contribution in [-0.4, -0.2) is 79.2 Å². The molecular weight excluding hydrogens is 569 g/mol. The first-order chi connectivity index (χ1) is 19.8. The Kier molecular flexibility index (Phi) is 7.70. The minimum absolute atomic E-state index is 0.000889. The summed E-state index contributed by atoms with van der Waals surface area (Å²) in [6, 6.07) is 14.4. The number of morpholine rings is 1. The lowest BCUT2D eigenvalue weighted by Gasteiger charge is -2.32. The van der Waals surface area contributed by atoms with Crippen LogP contribution in [0.2, 0.25) is 10.0 Å². The van der Waals surface area contributed by atoms with Gasteiger partial charge in [-0.15, -0.1) is 0 Å². The first kappa shape index (κ1) is 27.7. The number of hydrogen-bond acceptors (Lipinski definition) is 7. The zero-order valence-corrected chi connectivity index (χ0v) is 23.7. The van der Waals surface area contributed by atoms with Gasteiger partial charge in [-0.05, 0) is 36.2 Å². The zero-order chi connectivity index (χ0) is 28.7. The van der Waals surface area contributed by atoms with E-state index < -0.39 is 12.1 Å². The molecule has 3 heterocycles. The quantitative estimate of drug-likeness (QED) is 0.434. The van der Waals surface area contributed by atoms with Crippen molar-refractivity contribution in [3.8, 4) is 16.9 Å². The van der Waals surface area contributed by atoms with Gasteiger partial charge in [0, 0.05) is 43.0 Å². The highest BCUT2D eigenvalue weighted by atomic mass is 35.5. The van der Waals surface area contributed by atoms with E-state index in [-0.39, 0.29) is 40.4 Å². The number of carboxylic acids is 1. The molecule has 2 fully saturated rings. The van der Waals surface area contributed by atoms with Crippen LogP contribution in [0, 0.1) is 0 Å². The van der Waals surface area contributed by atoms with E-state index >= 15 is 0 Å². The van der Waals surface area contributed by atoms with Crippen molar-refractivity contribution in [2.75, 3.05) is 55.9 Å². The van der Waals surface area contributed by atoms with Crippen LogP contribution in [-0.2, 0) is 11.3 Å². The number of carbonyl (C=O) groups is 2. The molecule has 3 aliphatic rings. The Morgan fingerprint density at radius 2 is 1.71 bits per heavy atom. The highest BCUT2D eigenvalue weighted by Gasteiger charge is 2.30. The van der Waals surface area contributed by atoms with Gasteiger partial charge in [-0.25, -0.2) is 4.79 Å². The Labute approximate surface area is 247 Å². The van der Waals surface area contributed by atoms with E-state index in [4.69, 9.17) is 32.7 Å². The van der Waals surface area contributed by atoms with E-state index in [0.29, 0.717) is 57.3 Å². The zero-order valence-electron chi connectivity index (χ0n) is 22.2. The van der Waals surface area contributed by atoms with E-state index in [9.17, 15) is 19.8 Å². The number of hydrogen-bond donors (Lipinski definition) is 2. The number of halogens is 2. The second kappa shape index (κ2) is 11.4. The van der Waals surface area contributed by atoms with Crippen molar-refractivity contribution in [2.24, 2.45) is 0 Å². The fourth-order valence-electron chi connectivity index (χ4n) is 5.66. The maximum Gasteiger partial charge on any atom is 0.337 e. The lowest BCUT2D eigenvalue weighted by Crippen LogP contribution is -2.37. The van der Waals surface area contributed by atoms with Crippen LogP contribution >= 0.6 is 23.2 Å². The number of anilines is 2. The van der Waals surface area contributed by atoms with Crippen molar-refractivity contribution in [3.05, 3.63) is 75.3 Å². The fraction of sp³-hybridized carbons (Fsp3) is 0.333. The van der Waals surface area contributed by atoms with Gasteiger partial charge in [0.25, 0.3) is 5.91 Å². The molecule has 0 radical (unpaired) electrons. The lowest BCUT2D eigenvalue weighted by atomic mass is 9.97. The maximum absolute atomic E-state index is 13.6. The third-order valence-corrected chi connectivity index (χ3v) is 8.37. The molecule has 2 N–H and O–H groups in total. The largest absolute Gasteiger partial charge is 0.478 e. The molecular formula is C30H29Cl2N3O6. The number of amides is 1. The summed E-state index contributed by atoms with van der Waals surface area (Å²) in [6.45, 7) is 3.76. The van der Waals surface area contributed by atoms with Crippen molar-refractivity contribution in [3.63, 3.8) is 0 Å². The Bertz CT molecular complexity index is 1490. The molecule has 3 aromatic carbocycles. The fourth-order valence-corrected chi connectivity index (χ4v) is 6.30. The Morgan fingerprint density at radius 1 is 0.951 bits per heavy atom. The van der Waals surface area contributed by atoms with Crippen molar-refractivity contribution in [1.82, 2.24) is 4.90 Å². The van der Waals surface area contributed by atoms with Gasteiger partial charge >= 0.3 is 5.97 Å². The van der Waals surface area contributed by atoms with Gasteiger partial charge in [-0.2, -0.15) is 0 Å². The molecule has 1 unspecified atom stereocenters. The third-order valence-electron chi connectivity index (χ3n) is 7.77. The topological polar surface area (TPSA) is 103 Å². The molecule has 11 heteroatoms. The first-order valence-electron chi connectivity index (χ1n) is 13.5. The smallest absolute Gasteiger partial charge is 0.337 e. The number of ether oxygens (including phenoxy) is 2. The minimum Gasteiger partial charge on any atom is -0.478 e. The number of carboxylic acid groups (broad SMARTS) is 1. The predicted octanol–water partition coefficient (Wildman–Crippen LogP) is 4.76. The summed E-state index contributed by atoms with van der Waals surface area (Å²) in [5.74, 6) is -0.681. The summed E-state index contributed by atoms with van der Waals surface area (Å²) < 4.78 is 11.6. The monoisotopic (exact) mass is 597 g/mol. The summed E-state index contributed by atoms with van der Waals surface area (Å²) in [6.07, 6.45) is 0.270. The van der Waals surface area contributed by atoms with Crippen LogP contribution in [0.15, 0.2) is 48.5 Å². The molecule has 1 amide bonds. The average Bonchev–Trinajstić information content (AvgIpc) is 3.42. The Morgan fingerprint density at radius 3 is 2.39 bits per heavy atom. The molecule has 0 aromatic heterocycles. The van der Waals surface area contributed by atoms with Crippen LogP contribution in [0.1, 0.15) is 32.7 Å². The van der Waals surface area contributed by atoms with E-state index in [1.165, 1.54) is 0 Å². The maximum atomic E-state index is 13.6. The van der Waals surface area contributed by atoms with E-state index in [1.807, 2.05) is 34.1 Å². The average molecular weight is 598 g/mol. The van der Waals surface area contributed by atoms with Gasteiger partial charge in [0.05, 0.1) is 52.7 Å². The normalized spacial score (nSPS) is 18.7. The summed E-state index contributed by atoms with van der Waals surface area (Å²) in [7, 11) is 0. The van der Waals surface area contributed by atoms with Crippen molar-refractivity contribution < 1.29 is 29.3 Å². The van der Waals surface area contributed by atoms with Crippen LogP contribution in [0.4, 0.5) is 11.4 Å². The number of carbonyl (C=O) groups excluding carboxylic acids is 1. The van der Waals surface area contributed by atoms with Crippen molar-refractivity contribution >= 4 is 46.5 Å². The highest BCUT2D eigenvalue weighted by molar-refractivity contribution is 6.40. The number of benzene rings is 3. The van der Waals surface area contributed by atoms with E-state index in [0.717, 1.165) is 22.4 Å². The van der Waals surface area contributed by atoms with Gasteiger partial charge < -0.3 is 34.4 Å². The summed E-state index contributed by atoms with van der Waals surface area (Å²) in [5.41, 5.74) is 4.30. The van der Waals surface area contributed by atoms with Crippen LogP contribution < -0.4 is 14.5 Å². The van der Waals surface area contributed by atoms with E-state index in [2.05, 4.69) is 0 Å². The van der Waals surface area contributed by atoms with Gasteiger partial charge in [-0.3, -0.25) is 4.79 Å². The number of β-amino-alcohol motifs (C(OH)–C–C–N with tert-alkyl or cyclic N) is 1. The molecule has 1 atom stereocenters. The second-order valence-electron chi connectivity index (χ2n) is 10.4. The van der Waals surface area contributed by atoms with Gasteiger partial charge in [-0.1, -0.05) is 47.5 Å². The predicted molar refractivity (Wildman–Crippen MR) is 157 cm³/mol. The molecule has 0 aliphatic carbocycles. The highest BCUT2D eigenvalue weighted by Crippen LogP contribution is 2.40. The summed E-state index contributed by atoms with van der Waals surface area (Å²) in [5, 5.41) is 20.2. The number of aliphatic hydroxyl groups excluding tert-OH is 1. The molecule has 3 aliphatic heterocycles. The first-order valence-corrected chi connectivity index (χ1v) is 14.2. The summed E-state index contributed by atoms with van der Waals surface area (Å²) >= 11 is 13.1.